The second-order valence-corrected chi connectivity index (χ2v) is 10.6. The first-order valence-electron chi connectivity index (χ1n) is 9.95. The molecule has 2 N–H and O–H groups in total. The number of aryl methyl sites for hydroxylation is 1. The summed E-state index contributed by atoms with van der Waals surface area (Å²) < 4.78 is 34.2. The van der Waals surface area contributed by atoms with E-state index in [9.17, 15) is 13.2 Å². The number of nitrogens with one attached hydrogen (secondary N) is 1. The molecule has 1 atom stereocenters. The van der Waals surface area contributed by atoms with Crippen LogP contribution in [0.1, 0.15) is 48.9 Å². The fourth-order valence-corrected chi connectivity index (χ4v) is 5.19. The van der Waals surface area contributed by atoms with E-state index in [1.165, 1.54) is 18.2 Å². The van der Waals surface area contributed by atoms with Crippen LogP contribution in [0.25, 0.3) is 11.0 Å². The highest BCUT2D eigenvalue weighted by Crippen LogP contribution is 2.41. The molecule has 0 spiro atoms. The quantitative estimate of drug-likeness (QED) is 0.605. The number of sulfonamides is 1. The molecule has 1 aliphatic rings. The van der Waals surface area contributed by atoms with Crippen LogP contribution < -0.4 is 4.72 Å². The zero-order valence-electron chi connectivity index (χ0n) is 17.2. The van der Waals surface area contributed by atoms with Gasteiger partial charge < -0.3 is 9.52 Å². The van der Waals surface area contributed by atoms with Crippen LogP contribution in [0.5, 0.6) is 0 Å². The maximum Gasteiger partial charge on any atom is 0.335 e. The molecule has 0 fully saturated rings. The number of rotatable bonds is 4. The largest absolute Gasteiger partial charge is 0.478 e. The molecule has 30 heavy (non-hydrogen) atoms. The van der Waals surface area contributed by atoms with Crippen LogP contribution in [0.2, 0.25) is 0 Å². The Bertz CT molecular complexity index is 1230. The molecule has 1 aromatic heterocycles. The highest BCUT2D eigenvalue weighted by atomic mass is 32.2. The van der Waals surface area contributed by atoms with E-state index in [1.54, 1.807) is 18.2 Å². The summed E-state index contributed by atoms with van der Waals surface area (Å²) in [4.78, 5) is 11.1. The maximum atomic E-state index is 12.8. The number of aromatic carboxylic acids is 1. The van der Waals surface area contributed by atoms with Crippen LogP contribution in [-0.4, -0.2) is 19.5 Å². The van der Waals surface area contributed by atoms with Crippen LogP contribution in [-0.2, 0) is 22.9 Å². The second kappa shape index (κ2) is 7.16. The summed E-state index contributed by atoms with van der Waals surface area (Å²) in [6.07, 6.45) is 2.87. The summed E-state index contributed by atoms with van der Waals surface area (Å²) in [5.74, 6) is 0.344. The number of anilines is 1. The van der Waals surface area contributed by atoms with Crippen LogP contribution >= 0.6 is 0 Å². The second-order valence-electron chi connectivity index (χ2n) is 8.96. The molecule has 0 saturated heterocycles. The van der Waals surface area contributed by atoms with Crippen molar-refractivity contribution in [3.05, 3.63) is 59.4 Å². The number of carbonyl (C=O) groups is 1. The highest BCUT2D eigenvalue weighted by Gasteiger charge is 2.31. The molecule has 0 bridgehead atoms. The molecule has 0 saturated carbocycles. The molecule has 4 rings (SSSR count). The Hall–Kier alpha value is -2.80. The zero-order chi connectivity index (χ0) is 21.7. The van der Waals surface area contributed by atoms with E-state index in [0.717, 1.165) is 47.6 Å². The first kappa shape index (κ1) is 20.5. The molecule has 158 valence electrons. The first-order valence-corrected chi connectivity index (χ1v) is 11.4. The molecule has 0 aliphatic heterocycles. The monoisotopic (exact) mass is 427 g/mol. The number of carboxylic acid groups (broad SMARTS) is 1. The molecule has 1 heterocycles. The number of hydrogen-bond acceptors (Lipinski definition) is 4. The van der Waals surface area contributed by atoms with Gasteiger partial charge >= 0.3 is 5.97 Å². The summed E-state index contributed by atoms with van der Waals surface area (Å²) in [6.45, 7) is 6.74. The zero-order valence-corrected chi connectivity index (χ0v) is 18.0. The minimum atomic E-state index is -3.92. The number of fused-ring (bicyclic) bond motifs is 3. The first-order chi connectivity index (χ1) is 14.0. The van der Waals surface area contributed by atoms with Gasteiger partial charge in [0.2, 0.25) is 0 Å². The lowest BCUT2D eigenvalue weighted by Crippen LogP contribution is -2.26. The summed E-state index contributed by atoms with van der Waals surface area (Å²) in [7, 11) is -3.92. The van der Waals surface area contributed by atoms with Crippen LogP contribution in [0, 0.1) is 11.3 Å². The standard InChI is InChI=1S/C23H25NO5S/c1-23(2,3)15-7-9-20-18(12-15)19-13-16(8-10-21(19)29-20)24-30(27,28)17-6-4-5-14(11-17)22(25)26/h4-6,8,10-11,13,15,24H,7,9,12H2,1-3H3,(H,25,26). The SMILES string of the molecule is CC(C)(C)C1CCc2oc3ccc(NS(=O)(=O)c4cccc(C(=O)O)c4)cc3c2C1. The van der Waals surface area contributed by atoms with Gasteiger partial charge in [-0.1, -0.05) is 26.8 Å². The molecule has 0 radical (unpaired) electrons. The molecule has 0 amide bonds. The van der Waals surface area contributed by atoms with Gasteiger partial charge in [-0.25, -0.2) is 13.2 Å². The van der Waals surface area contributed by atoms with Crippen molar-refractivity contribution in [1.82, 2.24) is 0 Å². The third kappa shape index (κ3) is 3.81. The topological polar surface area (TPSA) is 96.6 Å². The van der Waals surface area contributed by atoms with Crippen molar-refractivity contribution in [3.63, 3.8) is 0 Å². The van der Waals surface area contributed by atoms with Crippen molar-refractivity contribution < 1.29 is 22.7 Å². The maximum absolute atomic E-state index is 12.8. The van der Waals surface area contributed by atoms with Gasteiger partial charge in [0.25, 0.3) is 10.0 Å². The van der Waals surface area contributed by atoms with Gasteiger partial charge in [0.05, 0.1) is 10.5 Å². The van der Waals surface area contributed by atoms with E-state index in [0.29, 0.717) is 11.6 Å². The minimum Gasteiger partial charge on any atom is -0.478 e. The lowest BCUT2D eigenvalue weighted by atomic mass is 9.71. The minimum absolute atomic E-state index is 0.0783. The van der Waals surface area contributed by atoms with E-state index in [1.807, 2.05) is 0 Å². The van der Waals surface area contributed by atoms with Gasteiger partial charge in [-0.05, 0) is 60.6 Å². The van der Waals surface area contributed by atoms with Gasteiger partial charge in [0.1, 0.15) is 11.3 Å². The molecule has 6 nitrogen and oxygen atoms in total. The van der Waals surface area contributed by atoms with E-state index in [2.05, 4.69) is 25.5 Å². The highest BCUT2D eigenvalue weighted by molar-refractivity contribution is 7.92. The van der Waals surface area contributed by atoms with E-state index < -0.39 is 16.0 Å². The Kier molecular flexibility index (Phi) is 4.89. The predicted molar refractivity (Wildman–Crippen MR) is 115 cm³/mol. The molecule has 1 unspecified atom stereocenters. The summed E-state index contributed by atoms with van der Waals surface area (Å²) in [6, 6.07) is 10.6. The van der Waals surface area contributed by atoms with E-state index in [4.69, 9.17) is 9.52 Å². The molecule has 2 aromatic carbocycles. The van der Waals surface area contributed by atoms with Gasteiger partial charge in [0.15, 0.2) is 0 Å². The Morgan fingerprint density at radius 2 is 1.93 bits per heavy atom. The molecular weight excluding hydrogens is 402 g/mol. The van der Waals surface area contributed by atoms with Crippen molar-refractivity contribution in [1.29, 1.82) is 0 Å². The van der Waals surface area contributed by atoms with E-state index in [-0.39, 0.29) is 15.9 Å². The summed E-state index contributed by atoms with van der Waals surface area (Å²) in [5, 5.41) is 10.1. The number of furan rings is 1. The number of hydrogen-bond donors (Lipinski definition) is 2. The third-order valence-electron chi connectivity index (χ3n) is 5.91. The summed E-state index contributed by atoms with van der Waals surface area (Å²) in [5.41, 5.74) is 2.45. The van der Waals surface area contributed by atoms with Crippen LogP contribution in [0.15, 0.2) is 51.8 Å². The van der Waals surface area contributed by atoms with Gasteiger partial charge in [-0.15, -0.1) is 0 Å². The normalized spacial score (nSPS) is 17.0. The molecular formula is C23H25NO5S. The fraction of sp³-hybridized carbons (Fsp3) is 0.348. The van der Waals surface area contributed by atoms with E-state index >= 15 is 0 Å². The van der Waals surface area contributed by atoms with Crippen molar-refractivity contribution in [2.75, 3.05) is 4.72 Å². The lowest BCUT2D eigenvalue weighted by Gasteiger charge is -2.33. The third-order valence-corrected chi connectivity index (χ3v) is 7.29. The van der Waals surface area contributed by atoms with Crippen molar-refractivity contribution in [2.24, 2.45) is 11.3 Å². The number of benzene rings is 2. The molecule has 7 heteroatoms. The predicted octanol–water partition coefficient (Wildman–Crippen LogP) is 5.08. The Morgan fingerprint density at radius 3 is 2.63 bits per heavy atom. The van der Waals surface area contributed by atoms with Crippen LogP contribution in [0.4, 0.5) is 5.69 Å². The molecule has 3 aromatic rings. The fourth-order valence-electron chi connectivity index (χ4n) is 4.09. The lowest BCUT2D eigenvalue weighted by molar-refractivity contribution is 0.0696. The summed E-state index contributed by atoms with van der Waals surface area (Å²) >= 11 is 0. The average molecular weight is 428 g/mol. The van der Waals surface area contributed by atoms with Crippen molar-refractivity contribution in [2.45, 2.75) is 44.9 Å². The van der Waals surface area contributed by atoms with Crippen molar-refractivity contribution >= 4 is 32.6 Å². The Balaban J connectivity index is 1.68. The van der Waals surface area contributed by atoms with Gasteiger partial charge in [-0.3, -0.25) is 4.72 Å². The smallest absolute Gasteiger partial charge is 0.335 e. The number of carboxylic acids is 1. The average Bonchev–Trinajstić information content (AvgIpc) is 3.04. The van der Waals surface area contributed by atoms with Crippen LogP contribution in [0.3, 0.4) is 0 Å². The van der Waals surface area contributed by atoms with Gasteiger partial charge in [0, 0.05) is 23.1 Å². The molecule has 1 aliphatic carbocycles. The Morgan fingerprint density at radius 1 is 1.17 bits per heavy atom. The Labute approximate surface area is 176 Å². The van der Waals surface area contributed by atoms with Gasteiger partial charge in [-0.2, -0.15) is 0 Å². The van der Waals surface area contributed by atoms with Crippen molar-refractivity contribution in [3.8, 4) is 0 Å².